The molecule has 0 saturated carbocycles. The summed E-state index contributed by atoms with van der Waals surface area (Å²) >= 11 is 0. The van der Waals surface area contributed by atoms with E-state index in [1.54, 1.807) is 4.52 Å². The summed E-state index contributed by atoms with van der Waals surface area (Å²) in [6, 6.07) is 3.65. The molecule has 132 valence electrons. The van der Waals surface area contributed by atoms with E-state index < -0.39 is 0 Å². The van der Waals surface area contributed by atoms with Crippen molar-refractivity contribution in [2.45, 2.75) is 44.7 Å². The molecule has 0 aliphatic carbocycles. The molecule has 0 spiro atoms. The van der Waals surface area contributed by atoms with E-state index in [0.717, 1.165) is 36.4 Å². The molecule has 0 unspecified atom stereocenters. The molecular formula is C17H22N6O2. The minimum absolute atomic E-state index is 0.0217. The number of aryl methyl sites for hydroxylation is 1. The van der Waals surface area contributed by atoms with Crippen LogP contribution in [0.2, 0.25) is 0 Å². The molecule has 2 aliphatic rings. The van der Waals surface area contributed by atoms with E-state index in [2.05, 4.69) is 20.7 Å². The maximum atomic E-state index is 12.6. The van der Waals surface area contributed by atoms with Crippen molar-refractivity contribution in [3.8, 4) is 0 Å². The lowest BCUT2D eigenvalue weighted by atomic mass is 10.0. The molecule has 8 nitrogen and oxygen atoms in total. The average molecular weight is 342 g/mol. The Morgan fingerprint density at radius 2 is 2.24 bits per heavy atom. The minimum Gasteiger partial charge on any atom is -0.364 e. The van der Waals surface area contributed by atoms with Crippen molar-refractivity contribution in [2.75, 3.05) is 18.4 Å². The zero-order chi connectivity index (χ0) is 17.4. The van der Waals surface area contributed by atoms with Gasteiger partial charge in [0.2, 0.25) is 11.8 Å². The SMILES string of the molecule is Cc1cn2nc(N[C@H]3CCN(C(=O)[C@@H]4CCCC(=O)N4)C3)ccc2n1. The Morgan fingerprint density at radius 1 is 1.36 bits per heavy atom. The van der Waals surface area contributed by atoms with E-state index in [4.69, 9.17) is 0 Å². The van der Waals surface area contributed by atoms with Gasteiger partial charge in [-0.05, 0) is 38.3 Å². The van der Waals surface area contributed by atoms with Crippen LogP contribution in [0.3, 0.4) is 0 Å². The molecule has 2 atom stereocenters. The van der Waals surface area contributed by atoms with Gasteiger partial charge in [0.25, 0.3) is 0 Å². The molecule has 4 heterocycles. The van der Waals surface area contributed by atoms with Gasteiger partial charge in [-0.2, -0.15) is 0 Å². The highest BCUT2D eigenvalue weighted by molar-refractivity contribution is 5.88. The van der Waals surface area contributed by atoms with Gasteiger partial charge in [-0.1, -0.05) is 0 Å². The second-order valence-electron chi connectivity index (χ2n) is 6.83. The van der Waals surface area contributed by atoms with Crippen molar-refractivity contribution in [3.63, 3.8) is 0 Å². The molecule has 0 aromatic carbocycles. The van der Waals surface area contributed by atoms with Crippen LogP contribution in [0.1, 0.15) is 31.4 Å². The van der Waals surface area contributed by atoms with E-state index in [1.807, 2.05) is 30.2 Å². The van der Waals surface area contributed by atoms with E-state index in [-0.39, 0.29) is 23.9 Å². The average Bonchev–Trinajstić information content (AvgIpc) is 3.19. The van der Waals surface area contributed by atoms with Crippen LogP contribution in [0.5, 0.6) is 0 Å². The van der Waals surface area contributed by atoms with Gasteiger partial charge in [0, 0.05) is 25.6 Å². The molecule has 4 rings (SSSR count). The number of anilines is 1. The summed E-state index contributed by atoms with van der Waals surface area (Å²) in [5.74, 6) is 0.785. The number of nitrogens with zero attached hydrogens (tertiary/aromatic N) is 4. The quantitative estimate of drug-likeness (QED) is 0.858. The number of likely N-dealkylation sites (tertiary alicyclic amines) is 1. The molecule has 8 heteroatoms. The molecule has 2 fully saturated rings. The lowest BCUT2D eigenvalue weighted by Crippen LogP contribution is -2.50. The number of imidazole rings is 1. The monoisotopic (exact) mass is 342 g/mol. The zero-order valence-corrected chi connectivity index (χ0v) is 14.2. The van der Waals surface area contributed by atoms with Gasteiger partial charge in [0.05, 0.1) is 11.9 Å². The first kappa shape index (κ1) is 15.9. The number of carbonyl (C=O) groups excluding carboxylic acids is 2. The molecule has 0 radical (unpaired) electrons. The summed E-state index contributed by atoms with van der Waals surface area (Å²) in [5, 5.41) is 10.7. The predicted octanol–water partition coefficient (Wildman–Crippen LogP) is 0.719. The molecule has 2 amide bonds. The van der Waals surface area contributed by atoms with Gasteiger partial charge in [0.1, 0.15) is 11.9 Å². The van der Waals surface area contributed by atoms with Gasteiger partial charge >= 0.3 is 0 Å². The van der Waals surface area contributed by atoms with Crippen LogP contribution in [0.4, 0.5) is 5.82 Å². The molecule has 2 N–H and O–H groups in total. The van der Waals surface area contributed by atoms with Crippen molar-refractivity contribution < 1.29 is 9.59 Å². The second kappa shape index (κ2) is 6.34. The number of aromatic nitrogens is 3. The largest absolute Gasteiger partial charge is 0.364 e. The normalized spacial score (nSPS) is 23.7. The second-order valence-corrected chi connectivity index (χ2v) is 6.83. The minimum atomic E-state index is -0.358. The van der Waals surface area contributed by atoms with Crippen LogP contribution in [0.15, 0.2) is 18.3 Å². The summed E-state index contributed by atoms with van der Waals surface area (Å²) in [6.07, 6.45) is 4.80. The van der Waals surface area contributed by atoms with Crippen molar-refractivity contribution in [1.82, 2.24) is 24.8 Å². The van der Waals surface area contributed by atoms with Crippen LogP contribution in [-0.4, -0.2) is 56.5 Å². The number of carbonyl (C=O) groups is 2. The van der Waals surface area contributed by atoms with Crippen LogP contribution < -0.4 is 10.6 Å². The molecule has 0 bridgehead atoms. The third-order valence-electron chi connectivity index (χ3n) is 4.82. The van der Waals surface area contributed by atoms with Crippen molar-refractivity contribution in [1.29, 1.82) is 0 Å². The predicted molar refractivity (Wildman–Crippen MR) is 92.1 cm³/mol. The summed E-state index contributed by atoms with van der Waals surface area (Å²) in [6.45, 7) is 3.27. The third kappa shape index (κ3) is 3.29. The van der Waals surface area contributed by atoms with Crippen LogP contribution in [-0.2, 0) is 9.59 Å². The van der Waals surface area contributed by atoms with Gasteiger partial charge in [-0.3, -0.25) is 9.59 Å². The number of fused-ring (bicyclic) bond motifs is 1. The Labute approximate surface area is 145 Å². The van der Waals surface area contributed by atoms with Crippen molar-refractivity contribution >= 4 is 23.3 Å². The molecule has 2 saturated heterocycles. The van der Waals surface area contributed by atoms with Gasteiger partial charge in [0.15, 0.2) is 5.65 Å². The number of rotatable bonds is 3. The maximum absolute atomic E-state index is 12.6. The van der Waals surface area contributed by atoms with E-state index in [0.29, 0.717) is 19.5 Å². The zero-order valence-electron chi connectivity index (χ0n) is 14.2. The van der Waals surface area contributed by atoms with E-state index in [1.165, 1.54) is 0 Å². The first-order valence-corrected chi connectivity index (χ1v) is 8.76. The van der Waals surface area contributed by atoms with Gasteiger partial charge in [-0.25, -0.2) is 9.50 Å². The molecule has 2 aliphatic heterocycles. The smallest absolute Gasteiger partial charge is 0.245 e. The van der Waals surface area contributed by atoms with Crippen molar-refractivity contribution in [3.05, 3.63) is 24.0 Å². The molecular weight excluding hydrogens is 320 g/mol. The highest BCUT2D eigenvalue weighted by Crippen LogP contribution is 2.18. The number of hydrogen-bond donors (Lipinski definition) is 2. The molecule has 2 aromatic heterocycles. The summed E-state index contributed by atoms with van der Waals surface area (Å²) in [4.78, 5) is 30.3. The number of nitrogens with one attached hydrogen (secondary N) is 2. The van der Waals surface area contributed by atoms with Gasteiger partial charge < -0.3 is 15.5 Å². The number of hydrogen-bond acceptors (Lipinski definition) is 5. The Kier molecular flexibility index (Phi) is 4.03. The van der Waals surface area contributed by atoms with Crippen LogP contribution >= 0.6 is 0 Å². The number of piperidine rings is 1. The Bertz CT molecular complexity index is 817. The fourth-order valence-electron chi connectivity index (χ4n) is 3.58. The lowest BCUT2D eigenvalue weighted by molar-refractivity contribution is -0.137. The van der Waals surface area contributed by atoms with Gasteiger partial charge in [-0.15, -0.1) is 5.10 Å². The van der Waals surface area contributed by atoms with E-state index in [9.17, 15) is 9.59 Å². The summed E-state index contributed by atoms with van der Waals surface area (Å²) < 4.78 is 1.76. The van der Waals surface area contributed by atoms with Crippen molar-refractivity contribution in [2.24, 2.45) is 0 Å². The van der Waals surface area contributed by atoms with E-state index >= 15 is 0 Å². The first-order valence-electron chi connectivity index (χ1n) is 8.76. The number of amides is 2. The fourth-order valence-corrected chi connectivity index (χ4v) is 3.58. The maximum Gasteiger partial charge on any atom is 0.245 e. The highest BCUT2D eigenvalue weighted by atomic mass is 16.2. The summed E-state index contributed by atoms with van der Waals surface area (Å²) in [5.41, 5.74) is 1.75. The fraction of sp³-hybridized carbons (Fsp3) is 0.529. The lowest BCUT2D eigenvalue weighted by Gasteiger charge is -2.27. The first-order chi connectivity index (χ1) is 12.1. The Morgan fingerprint density at radius 3 is 3.08 bits per heavy atom. The highest BCUT2D eigenvalue weighted by Gasteiger charge is 2.33. The molecule has 2 aromatic rings. The Balaban J connectivity index is 1.38. The van der Waals surface area contributed by atoms with Crippen LogP contribution in [0, 0.1) is 6.92 Å². The van der Waals surface area contributed by atoms with Crippen LogP contribution in [0.25, 0.3) is 5.65 Å². The third-order valence-corrected chi connectivity index (χ3v) is 4.82. The Hall–Kier alpha value is -2.64. The summed E-state index contributed by atoms with van der Waals surface area (Å²) in [7, 11) is 0. The molecule has 25 heavy (non-hydrogen) atoms. The topological polar surface area (TPSA) is 91.6 Å². The standard InChI is InChI=1S/C17H22N6O2/c1-11-9-23-15(18-11)6-5-14(21-23)19-12-7-8-22(10-12)17(25)13-3-2-4-16(24)20-13/h5-6,9,12-13H,2-4,7-8,10H2,1H3,(H,19,21)(H,20,24)/t12-,13-/m0/s1.